The van der Waals surface area contributed by atoms with Crippen molar-refractivity contribution < 1.29 is 45.0 Å². The fourth-order valence-corrected chi connectivity index (χ4v) is 4.65. The summed E-state index contributed by atoms with van der Waals surface area (Å²) in [6.07, 6.45) is 0.369. The average Bonchev–Trinajstić information content (AvgIpc) is 2.98. The van der Waals surface area contributed by atoms with Gasteiger partial charge in [-0.1, -0.05) is 24.3 Å². The minimum absolute atomic E-state index is 0. The van der Waals surface area contributed by atoms with E-state index in [4.69, 9.17) is 18.6 Å². The van der Waals surface area contributed by atoms with Crippen molar-refractivity contribution in [3.63, 3.8) is 0 Å². The second kappa shape index (κ2) is 17.5. The van der Waals surface area contributed by atoms with Gasteiger partial charge in [-0.25, -0.2) is 0 Å². The zero-order valence-corrected chi connectivity index (χ0v) is 30.4. The van der Waals surface area contributed by atoms with Crippen LogP contribution in [0.1, 0.15) is 11.1 Å². The van der Waals surface area contributed by atoms with Gasteiger partial charge in [-0.15, -0.1) is 0 Å². The van der Waals surface area contributed by atoms with Crippen LogP contribution in [-0.4, -0.2) is 101 Å². The zero-order chi connectivity index (χ0) is 32.3. The summed E-state index contributed by atoms with van der Waals surface area (Å²) in [5.74, 6) is 0.962. The first-order valence-electron chi connectivity index (χ1n) is 12.8. The number of hydrogen-bond acceptors (Lipinski definition) is 8. The molecule has 12 nitrogen and oxygen atoms in total. The number of benzene rings is 4. The standard InChI is InChI=1S/2C15H15NO5S.Ba/c2*1-21-13-6-2-11(3-7-13)10-15(17)16-12-4-8-14(9-5-12)22(18,19)20;/h2*2-9H,10H2,1H3,(H,16,17)(H,18,19,20);. The van der Waals surface area contributed by atoms with Crippen LogP contribution in [0, 0.1) is 0 Å². The number of nitrogens with one attached hydrogen (secondary N) is 2. The molecule has 0 fully saturated rings. The van der Waals surface area contributed by atoms with Gasteiger partial charge in [-0.05, 0) is 83.9 Å². The molecule has 45 heavy (non-hydrogen) atoms. The molecule has 2 radical (unpaired) electrons. The van der Waals surface area contributed by atoms with Crippen molar-refractivity contribution in [3.8, 4) is 11.5 Å². The molecule has 0 aliphatic rings. The van der Waals surface area contributed by atoms with Gasteiger partial charge in [0.05, 0.1) is 36.9 Å². The molecule has 15 heteroatoms. The third kappa shape index (κ3) is 13.0. The Morgan fingerprint density at radius 3 is 1.09 bits per heavy atom. The maximum Gasteiger partial charge on any atom is 0.294 e. The van der Waals surface area contributed by atoms with Crippen LogP contribution in [0.5, 0.6) is 11.5 Å². The second-order valence-corrected chi connectivity index (χ2v) is 12.0. The molecule has 0 bridgehead atoms. The first-order chi connectivity index (χ1) is 20.8. The van der Waals surface area contributed by atoms with Gasteiger partial charge in [0, 0.05) is 60.3 Å². The number of rotatable bonds is 10. The van der Waals surface area contributed by atoms with Crippen LogP contribution in [-0.2, 0) is 42.7 Å². The molecule has 4 N–H and O–H groups in total. The Balaban J connectivity index is 0.000000307. The molecule has 4 rings (SSSR count). The summed E-state index contributed by atoms with van der Waals surface area (Å²) in [5, 5.41) is 5.30. The Bertz CT molecular complexity index is 1640. The second-order valence-electron chi connectivity index (χ2n) is 9.14. The Kier molecular flexibility index (Phi) is 14.8. The molecule has 234 valence electrons. The normalized spacial score (nSPS) is 10.8. The molecule has 0 unspecified atom stereocenters. The molecule has 4 aromatic carbocycles. The monoisotopic (exact) mass is 780 g/mol. The predicted molar refractivity (Wildman–Crippen MR) is 169 cm³/mol. The van der Waals surface area contributed by atoms with Crippen molar-refractivity contribution in [1.29, 1.82) is 0 Å². The smallest absolute Gasteiger partial charge is 0.294 e. The van der Waals surface area contributed by atoms with Gasteiger partial charge in [0.1, 0.15) is 11.5 Å². The average molecular weight is 780 g/mol. The number of amides is 2. The molecule has 4 aromatic rings. The van der Waals surface area contributed by atoms with Crippen molar-refractivity contribution in [2.24, 2.45) is 0 Å². The molecule has 0 aliphatic heterocycles. The molecule has 0 spiro atoms. The van der Waals surface area contributed by atoms with Crippen LogP contribution in [0.2, 0.25) is 0 Å². The first kappa shape index (κ1) is 38.0. The van der Waals surface area contributed by atoms with Gasteiger partial charge in [-0.3, -0.25) is 18.7 Å². The molecular formula is C30H30BaN2O10S2. The molecule has 0 saturated carbocycles. The van der Waals surface area contributed by atoms with E-state index in [1.54, 1.807) is 62.8 Å². The quantitative estimate of drug-likeness (QED) is 0.136. The molecule has 0 aromatic heterocycles. The minimum Gasteiger partial charge on any atom is -0.497 e. The molecule has 0 atom stereocenters. The van der Waals surface area contributed by atoms with E-state index in [1.165, 1.54) is 48.5 Å². The number of carbonyl (C=O) groups excluding carboxylic acids is 2. The maximum absolute atomic E-state index is 11.9. The number of ether oxygens (including phenoxy) is 2. The first-order valence-corrected chi connectivity index (χ1v) is 15.7. The van der Waals surface area contributed by atoms with Crippen LogP contribution in [0.15, 0.2) is 107 Å². The van der Waals surface area contributed by atoms with Crippen molar-refractivity contribution in [1.82, 2.24) is 0 Å². The molecule has 0 saturated heterocycles. The Morgan fingerprint density at radius 1 is 0.556 bits per heavy atom. The molecule has 0 aliphatic carbocycles. The van der Waals surface area contributed by atoms with E-state index in [9.17, 15) is 26.4 Å². The van der Waals surface area contributed by atoms with Crippen LogP contribution in [0.3, 0.4) is 0 Å². The van der Waals surface area contributed by atoms with Crippen molar-refractivity contribution in [2.45, 2.75) is 22.6 Å². The third-order valence-electron chi connectivity index (χ3n) is 5.92. The Labute approximate surface area is 301 Å². The van der Waals surface area contributed by atoms with E-state index in [2.05, 4.69) is 10.6 Å². The zero-order valence-electron chi connectivity index (χ0n) is 24.3. The van der Waals surface area contributed by atoms with Crippen LogP contribution in [0.25, 0.3) is 0 Å². The minimum atomic E-state index is -4.23. The topological polar surface area (TPSA) is 185 Å². The summed E-state index contributed by atoms with van der Waals surface area (Å²) in [7, 11) is -5.32. The van der Waals surface area contributed by atoms with E-state index in [1.807, 2.05) is 0 Å². The largest absolute Gasteiger partial charge is 0.497 e. The summed E-state index contributed by atoms with van der Waals surface area (Å²) < 4.78 is 71.5. The van der Waals surface area contributed by atoms with Crippen molar-refractivity contribution >= 4 is 92.3 Å². The summed E-state index contributed by atoms with van der Waals surface area (Å²) in [5.41, 5.74) is 2.55. The number of hydrogen-bond donors (Lipinski definition) is 4. The van der Waals surface area contributed by atoms with E-state index < -0.39 is 20.2 Å². The fourth-order valence-electron chi connectivity index (χ4n) is 3.69. The van der Waals surface area contributed by atoms with E-state index in [0.29, 0.717) is 22.9 Å². The summed E-state index contributed by atoms with van der Waals surface area (Å²) in [6.45, 7) is 0. The SMILES string of the molecule is COc1ccc(CC(=O)Nc2ccc(S(=O)(=O)O)cc2)cc1.COc1ccc(CC(=O)Nc2ccc(S(=O)(=O)O)cc2)cc1.[Ba]. The van der Waals surface area contributed by atoms with Gasteiger partial charge in [0.2, 0.25) is 11.8 Å². The van der Waals surface area contributed by atoms with E-state index >= 15 is 0 Å². The van der Waals surface area contributed by atoms with Crippen LogP contribution < -0.4 is 20.1 Å². The Hall–Kier alpha value is -3.19. The Morgan fingerprint density at radius 2 is 0.844 bits per heavy atom. The summed E-state index contributed by atoms with van der Waals surface area (Å²) >= 11 is 0. The van der Waals surface area contributed by atoms with E-state index in [-0.39, 0.29) is 83.3 Å². The van der Waals surface area contributed by atoms with Gasteiger partial charge in [0.25, 0.3) is 20.2 Å². The van der Waals surface area contributed by atoms with E-state index in [0.717, 1.165) is 11.1 Å². The van der Waals surface area contributed by atoms with Gasteiger partial charge < -0.3 is 20.1 Å². The van der Waals surface area contributed by atoms with Gasteiger partial charge >= 0.3 is 0 Å². The van der Waals surface area contributed by atoms with Crippen LogP contribution in [0.4, 0.5) is 11.4 Å². The number of anilines is 2. The van der Waals surface area contributed by atoms with Crippen molar-refractivity contribution in [2.75, 3.05) is 24.9 Å². The van der Waals surface area contributed by atoms with Gasteiger partial charge in [-0.2, -0.15) is 16.8 Å². The number of methoxy groups -OCH3 is 2. The molecular weight excluding hydrogens is 750 g/mol. The van der Waals surface area contributed by atoms with Crippen molar-refractivity contribution in [3.05, 3.63) is 108 Å². The third-order valence-corrected chi connectivity index (χ3v) is 7.66. The molecule has 2 amide bonds. The number of carbonyl (C=O) groups is 2. The van der Waals surface area contributed by atoms with Gasteiger partial charge in [0.15, 0.2) is 0 Å². The summed E-state index contributed by atoms with van der Waals surface area (Å²) in [4.78, 5) is 23.4. The summed E-state index contributed by atoms with van der Waals surface area (Å²) in [6, 6.07) is 24.8. The maximum atomic E-state index is 11.9. The molecule has 0 heterocycles. The fraction of sp³-hybridized carbons (Fsp3) is 0.133. The van der Waals surface area contributed by atoms with Crippen LogP contribution >= 0.6 is 0 Å². The predicted octanol–water partition coefficient (Wildman–Crippen LogP) is 3.87.